The van der Waals surface area contributed by atoms with E-state index in [1.54, 1.807) is 28.0 Å². The van der Waals surface area contributed by atoms with Crippen molar-refractivity contribution in [2.24, 2.45) is 7.05 Å². The third-order valence-electron chi connectivity index (χ3n) is 7.19. The van der Waals surface area contributed by atoms with E-state index in [2.05, 4.69) is 10.3 Å². The zero-order valence-electron chi connectivity index (χ0n) is 25.1. The standard InChI is InChI=1S/C32H33Cl2N5O5/c1-19-14-28(35-18-25(19)36-29(40)20-6-8-23(33)24(34)16-20)43-22-7-9-26-21(15-22)17-27(37(26)5)30(41)38-10-12-39(13-11-38)31(42)44-32(2,3)4/h6-9,14-18H,10-13H2,1-5H3,(H,36,40). The van der Waals surface area contributed by atoms with E-state index < -0.39 is 5.60 Å². The minimum Gasteiger partial charge on any atom is -0.444 e. The van der Waals surface area contributed by atoms with Gasteiger partial charge in [-0.3, -0.25) is 9.59 Å². The summed E-state index contributed by atoms with van der Waals surface area (Å²) < 4.78 is 13.3. The Labute approximate surface area is 265 Å². The van der Waals surface area contributed by atoms with Crippen LogP contribution in [0.1, 0.15) is 47.2 Å². The first-order valence-electron chi connectivity index (χ1n) is 14.1. The van der Waals surface area contributed by atoms with Crippen LogP contribution in [0.5, 0.6) is 11.6 Å². The first-order chi connectivity index (χ1) is 20.8. The van der Waals surface area contributed by atoms with Crippen molar-refractivity contribution in [1.29, 1.82) is 0 Å². The predicted molar refractivity (Wildman–Crippen MR) is 170 cm³/mol. The van der Waals surface area contributed by atoms with Crippen LogP contribution in [0, 0.1) is 6.92 Å². The van der Waals surface area contributed by atoms with Crippen LogP contribution in [-0.2, 0) is 11.8 Å². The molecule has 0 atom stereocenters. The molecule has 0 radical (unpaired) electrons. The van der Waals surface area contributed by atoms with Crippen LogP contribution in [0.25, 0.3) is 10.9 Å². The van der Waals surface area contributed by atoms with E-state index in [1.807, 2.05) is 63.6 Å². The molecule has 44 heavy (non-hydrogen) atoms. The molecule has 1 saturated heterocycles. The zero-order valence-corrected chi connectivity index (χ0v) is 26.6. The van der Waals surface area contributed by atoms with E-state index >= 15 is 0 Å². The number of carbonyl (C=O) groups is 3. The van der Waals surface area contributed by atoms with Gasteiger partial charge in [-0.2, -0.15) is 0 Å². The third kappa shape index (κ3) is 6.92. The van der Waals surface area contributed by atoms with Crippen molar-refractivity contribution in [2.45, 2.75) is 33.3 Å². The number of fused-ring (bicyclic) bond motifs is 1. The van der Waals surface area contributed by atoms with Gasteiger partial charge in [-0.25, -0.2) is 9.78 Å². The topological polar surface area (TPSA) is 106 Å². The molecule has 0 bridgehead atoms. The van der Waals surface area contributed by atoms with Gasteiger partial charge in [0.05, 0.1) is 21.9 Å². The average molecular weight is 639 g/mol. The Morgan fingerprint density at radius 2 is 1.61 bits per heavy atom. The molecule has 3 amide bonds. The number of hydrogen-bond acceptors (Lipinski definition) is 6. The van der Waals surface area contributed by atoms with E-state index in [0.29, 0.717) is 64.8 Å². The van der Waals surface area contributed by atoms with Crippen LogP contribution < -0.4 is 10.1 Å². The van der Waals surface area contributed by atoms with Crippen molar-refractivity contribution in [2.75, 3.05) is 31.5 Å². The van der Waals surface area contributed by atoms with Crippen molar-refractivity contribution < 1.29 is 23.9 Å². The Hall–Kier alpha value is -4.28. The van der Waals surface area contributed by atoms with E-state index in [9.17, 15) is 14.4 Å². The molecule has 5 rings (SSSR count). The number of aryl methyl sites for hydroxylation is 2. The largest absolute Gasteiger partial charge is 0.444 e. The van der Waals surface area contributed by atoms with Gasteiger partial charge in [0.25, 0.3) is 11.8 Å². The molecule has 0 spiro atoms. The highest BCUT2D eigenvalue weighted by Crippen LogP contribution is 2.29. The van der Waals surface area contributed by atoms with Crippen molar-refractivity contribution in [3.63, 3.8) is 0 Å². The summed E-state index contributed by atoms with van der Waals surface area (Å²) in [6.45, 7) is 8.99. The maximum atomic E-state index is 13.4. The number of amides is 3. The maximum Gasteiger partial charge on any atom is 0.410 e. The molecule has 0 unspecified atom stereocenters. The highest BCUT2D eigenvalue weighted by Gasteiger charge is 2.29. The number of rotatable bonds is 5. The molecule has 10 nitrogen and oxygen atoms in total. The molecule has 4 aromatic rings. The van der Waals surface area contributed by atoms with E-state index in [4.69, 9.17) is 32.7 Å². The highest BCUT2D eigenvalue weighted by molar-refractivity contribution is 6.42. The fourth-order valence-electron chi connectivity index (χ4n) is 4.85. The lowest BCUT2D eigenvalue weighted by atomic mass is 10.2. The summed E-state index contributed by atoms with van der Waals surface area (Å²) in [6, 6.07) is 13.8. The summed E-state index contributed by atoms with van der Waals surface area (Å²) in [5.74, 6) is 0.454. The van der Waals surface area contributed by atoms with Crippen LogP contribution in [0.2, 0.25) is 10.0 Å². The van der Waals surface area contributed by atoms with Gasteiger partial charge in [0.1, 0.15) is 17.0 Å². The Morgan fingerprint density at radius 1 is 0.909 bits per heavy atom. The van der Waals surface area contributed by atoms with Crippen LogP contribution in [0.3, 0.4) is 0 Å². The lowest BCUT2D eigenvalue weighted by molar-refractivity contribution is 0.0139. The Kier molecular flexibility index (Phi) is 8.76. The minimum absolute atomic E-state index is 0.106. The second kappa shape index (κ2) is 12.4. The minimum atomic E-state index is -0.570. The van der Waals surface area contributed by atoms with Gasteiger partial charge in [0, 0.05) is 55.8 Å². The Balaban J connectivity index is 1.24. The monoisotopic (exact) mass is 637 g/mol. The quantitative estimate of drug-likeness (QED) is 0.254. The molecule has 230 valence electrons. The number of ether oxygens (including phenoxy) is 2. The SMILES string of the molecule is Cc1cc(Oc2ccc3c(c2)cc(C(=O)N2CCN(C(=O)OC(C)(C)C)CC2)n3C)ncc1NC(=O)c1ccc(Cl)c(Cl)c1. The smallest absolute Gasteiger partial charge is 0.410 e. The van der Waals surface area contributed by atoms with E-state index in [1.165, 1.54) is 12.3 Å². The van der Waals surface area contributed by atoms with E-state index in [0.717, 1.165) is 16.5 Å². The molecule has 0 saturated carbocycles. The number of anilines is 1. The molecule has 12 heteroatoms. The van der Waals surface area contributed by atoms with Gasteiger partial charge >= 0.3 is 6.09 Å². The molecule has 1 N–H and O–H groups in total. The van der Waals surface area contributed by atoms with Crippen LogP contribution >= 0.6 is 23.2 Å². The summed E-state index contributed by atoms with van der Waals surface area (Å²) >= 11 is 12.0. The zero-order chi connectivity index (χ0) is 31.8. The molecular weight excluding hydrogens is 605 g/mol. The molecular formula is C32H33Cl2N5O5. The molecule has 1 aliphatic rings. The van der Waals surface area contributed by atoms with Gasteiger partial charge in [0.2, 0.25) is 5.88 Å². The van der Waals surface area contributed by atoms with Gasteiger partial charge in [0.15, 0.2) is 0 Å². The number of nitrogens with one attached hydrogen (secondary N) is 1. The van der Waals surface area contributed by atoms with Gasteiger partial charge in [-0.05, 0) is 75.7 Å². The summed E-state index contributed by atoms with van der Waals surface area (Å²) in [4.78, 5) is 46.2. The fourth-order valence-corrected chi connectivity index (χ4v) is 5.14. The Bertz CT molecular complexity index is 1760. The van der Waals surface area contributed by atoms with Crippen molar-refractivity contribution in [3.05, 3.63) is 81.6 Å². The lowest BCUT2D eigenvalue weighted by Crippen LogP contribution is -2.51. The number of piperazine rings is 1. The average Bonchev–Trinajstić information content (AvgIpc) is 3.30. The second-order valence-electron chi connectivity index (χ2n) is 11.6. The molecule has 3 heterocycles. The molecule has 1 fully saturated rings. The lowest BCUT2D eigenvalue weighted by Gasteiger charge is -2.35. The number of halogens is 2. The van der Waals surface area contributed by atoms with Crippen molar-refractivity contribution >= 4 is 57.7 Å². The van der Waals surface area contributed by atoms with Crippen LogP contribution in [0.4, 0.5) is 10.5 Å². The first-order valence-corrected chi connectivity index (χ1v) is 14.8. The Morgan fingerprint density at radius 3 is 2.27 bits per heavy atom. The number of pyridine rings is 1. The number of aromatic nitrogens is 2. The number of carbonyl (C=O) groups excluding carboxylic acids is 3. The van der Waals surface area contributed by atoms with Crippen molar-refractivity contribution in [3.8, 4) is 11.6 Å². The maximum absolute atomic E-state index is 13.4. The van der Waals surface area contributed by atoms with Gasteiger partial charge in [-0.15, -0.1) is 0 Å². The van der Waals surface area contributed by atoms with Gasteiger partial charge in [-0.1, -0.05) is 23.2 Å². The van der Waals surface area contributed by atoms with Gasteiger partial charge < -0.3 is 29.2 Å². The predicted octanol–water partition coefficient (Wildman–Crippen LogP) is 6.93. The molecule has 1 aliphatic heterocycles. The normalized spacial score (nSPS) is 13.6. The third-order valence-corrected chi connectivity index (χ3v) is 7.93. The van der Waals surface area contributed by atoms with E-state index in [-0.39, 0.29) is 17.9 Å². The molecule has 2 aromatic heterocycles. The summed E-state index contributed by atoms with van der Waals surface area (Å²) in [5.41, 5.74) is 2.50. The van der Waals surface area contributed by atoms with Crippen LogP contribution in [-0.4, -0.2) is 69.0 Å². The second-order valence-corrected chi connectivity index (χ2v) is 12.4. The highest BCUT2D eigenvalue weighted by atomic mass is 35.5. The van der Waals surface area contributed by atoms with Crippen LogP contribution in [0.15, 0.2) is 54.7 Å². The number of benzene rings is 2. The molecule has 2 aromatic carbocycles. The van der Waals surface area contributed by atoms with Crippen molar-refractivity contribution in [1.82, 2.24) is 19.4 Å². The summed E-state index contributed by atoms with van der Waals surface area (Å²) in [6.07, 6.45) is 1.16. The number of nitrogens with zero attached hydrogens (tertiary/aromatic N) is 4. The fraction of sp³-hybridized carbons (Fsp3) is 0.312. The summed E-state index contributed by atoms with van der Waals surface area (Å²) in [5, 5.41) is 4.33. The molecule has 0 aliphatic carbocycles. The number of hydrogen-bond donors (Lipinski definition) is 1. The summed E-state index contributed by atoms with van der Waals surface area (Å²) in [7, 11) is 1.85. The first kappa shape index (κ1) is 31.2.